The van der Waals surface area contributed by atoms with Crippen LogP contribution in [0.5, 0.6) is 5.75 Å². The summed E-state index contributed by atoms with van der Waals surface area (Å²) in [6.45, 7) is 3.55. The lowest BCUT2D eigenvalue weighted by molar-refractivity contribution is 0.0742. The first-order valence-corrected chi connectivity index (χ1v) is 8.08. The third-order valence-corrected chi connectivity index (χ3v) is 3.79. The van der Waals surface area contributed by atoms with Crippen molar-refractivity contribution in [3.8, 4) is 5.75 Å². The van der Waals surface area contributed by atoms with Gasteiger partial charge in [-0.25, -0.2) is 4.68 Å². The topological polar surface area (TPSA) is 73.7 Å². The third-order valence-electron chi connectivity index (χ3n) is 3.79. The van der Waals surface area contributed by atoms with Gasteiger partial charge in [0.15, 0.2) is 0 Å². The zero-order chi connectivity index (χ0) is 18.2. The second kappa shape index (κ2) is 8.98. The number of hydrogen-bond donors (Lipinski definition) is 0. The molecule has 2 rings (SSSR count). The molecule has 0 radical (unpaired) electrons. The van der Waals surface area contributed by atoms with Crippen molar-refractivity contribution in [1.29, 1.82) is 0 Å². The maximum absolute atomic E-state index is 12.7. The van der Waals surface area contributed by atoms with Crippen LogP contribution in [0.4, 0.5) is 0 Å². The summed E-state index contributed by atoms with van der Waals surface area (Å²) in [6.07, 6.45) is 0. The van der Waals surface area contributed by atoms with Gasteiger partial charge in [-0.3, -0.25) is 9.59 Å². The Balaban J connectivity index is 2.16. The first kappa shape index (κ1) is 18.7. The molecule has 1 aromatic carbocycles. The second-order valence-electron chi connectivity index (χ2n) is 5.44. The third kappa shape index (κ3) is 4.90. The van der Waals surface area contributed by atoms with E-state index in [4.69, 9.17) is 9.47 Å². The summed E-state index contributed by atoms with van der Waals surface area (Å²) in [5.41, 5.74) is 0.974. The Labute approximate surface area is 146 Å². The van der Waals surface area contributed by atoms with Crippen molar-refractivity contribution >= 4 is 5.91 Å². The highest BCUT2D eigenvalue weighted by Gasteiger charge is 2.17. The van der Waals surface area contributed by atoms with E-state index in [-0.39, 0.29) is 17.2 Å². The molecule has 1 amide bonds. The van der Waals surface area contributed by atoms with Crippen molar-refractivity contribution in [3.63, 3.8) is 0 Å². The fraction of sp³-hybridized carbons (Fsp3) is 0.389. The molecule has 134 valence electrons. The van der Waals surface area contributed by atoms with Crippen LogP contribution in [-0.4, -0.2) is 48.0 Å². The zero-order valence-electron chi connectivity index (χ0n) is 14.8. The van der Waals surface area contributed by atoms with E-state index in [1.54, 1.807) is 19.1 Å². The number of aromatic nitrogens is 2. The number of methoxy groups -OCH3 is 2. The van der Waals surface area contributed by atoms with Crippen LogP contribution in [0.15, 0.2) is 41.2 Å². The van der Waals surface area contributed by atoms with E-state index in [0.29, 0.717) is 26.2 Å². The highest BCUT2D eigenvalue weighted by Crippen LogP contribution is 2.14. The van der Waals surface area contributed by atoms with Crippen molar-refractivity contribution in [1.82, 2.24) is 14.7 Å². The zero-order valence-corrected chi connectivity index (χ0v) is 14.8. The van der Waals surface area contributed by atoms with Gasteiger partial charge in [0.25, 0.3) is 11.5 Å². The van der Waals surface area contributed by atoms with Crippen molar-refractivity contribution in [2.75, 3.05) is 27.4 Å². The highest BCUT2D eigenvalue weighted by molar-refractivity contribution is 5.92. The standard InChI is InChI=1S/C18H23N3O4/c1-4-20(13-14-5-7-15(25-3)8-6-14)18(23)16-9-10-17(22)21(19-16)11-12-24-2/h5-10H,4,11-13H2,1-3H3. The van der Waals surface area contributed by atoms with E-state index < -0.39 is 0 Å². The molecule has 7 nitrogen and oxygen atoms in total. The van der Waals surface area contributed by atoms with Crippen LogP contribution < -0.4 is 10.3 Å². The van der Waals surface area contributed by atoms with Gasteiger partial charge in [0.1, 0.15) is 11.4 Å². The SMILES string of the molecule is CCN(Cc1ccc(OC)cc1)C(=O)c1ccc(=O)n(CCOC)n1. The number of amides is 1. The van der Waals surface area contributed by atoms with Crippen LogP contribution in [-0.2, 0) is 17.8 Å². The summed E-state index contributed by atoms with van der Waals surface area (Å²) in [5, 5.41) is 4.16. The number of benzene rings is 1. The molecule has 0 unspecified atom stereocenters. The second-order valence-corrected chi connectivity index (χ2v) is 5.44. The number of rotatable bonds is 8. The number of ether oxygens (including phenoxy) is 2. The average Bonchev–Trinajstić information content (AvgIpc) is 2.65. The molecule has 0 saturated heterocycles. The molecule has 0 spiro atoms. The Hall–Kier alpha value is -2.67. The van der Waals surface area contributed by atoms with Crippen molar-refractivity contribution in [3.05, 3.63) is 58.0 Å². The van der Waals surface area contributed by atoms with Crippen LogP contribution in [0.2, 0.25) is 0 Å². The Kier molecular flexibility index (Phi) is 6.71. The molecule has 0 atom stereocenters. The van der Waals surface area contributed by atoms with Gasteiger partial charge in [-0.1, -0.05) is 12.1 Å². The van der Waals surface area contributed by atoms with E-state index >= 15 is 0 Å². The van der Waals surface area contributed by atoms with Gasteiger partial charge in [-0.15, -0.1) is 0 Å². The summed E-state index contributed by atoms with van der Waals surface area (Å²) in [4.78, 5) is 26.2. The van der Waals surface area contributed by atoms with Gasteiger partial charge in [-0.05, 0) is 30.7 Å². The van der Waals surface area contributed by atoms with Crippen molar-refractivity contribution in [2.24, 2.45) is 0 Å². The molecule has 0 bridgehead atoms. The lowest BCUT2D eigenvalue weighted by atomic mass is 10.2. The lowest BCUT2D eigenvalue weighted by Crippen LogP contribution is -2.33. The van der Waals surface area contributed by atoms with E-state index in [1.165, 1.54) is 16.8 Å². The normalized spacial score (nSPS) is 10.5. The Morgan fingerprint density at radius 3 is 2.48 bits per heavy atom. The Morgan fingerprint density at radius 2 is 1.88 bits per heavy atom. The number of carbonyl (C=O) groups is 1. The molecule has 1 heterocycles. The molecule has 0 saturated carbocycles. The van der Waals surface area contributed by atoms with Gasteiger partial charge in [-0.2, -0.15) is 5.10 Å². The fourth-order valence-electron chi connectivity index (χ4n) is 2.34. The van der Waals surface area contributed by atoms with Gasteiger partial charge >= 0.3 is 0 Å². The molecule has 0 aliphatic carbocycles. The van der Waals surface area contributed by atoms with Crippen LogP contribution in [0.25, 0.3) is 0 Å². The summed E-state index contributed by atoms with van der Waals surface area (Å²) >= 11 is 0. The molecule has 1 aromatic heterocycles. The molecular formula is C18H23N3O4. The van der Waals surface area contributed by atoms with Crippen LogP contribution in [0, 0.1) is 0 Å². The van der Waals surface area contributed by atoms with Crippen molar-refractivity contribution in [2.45, 2.75) is 20.0 Å². The van der Waals surface area contributed by atoms with Gasteiger partial charge in [0.2, 0.25) is 0 Å². The predicted octanol–water partition coefficient (Wildman–Crippen LogP) is 1.56. The number of carbonyl (C=O) groups excluding carboxylic acids is 1. The quantitative estimate of drug-likeness (QED) is 0.726. The number of nitrogens with zero attached hydrogens (tertiary/aromatic N) is 3. The minimum absolute atomic E-state index is 0.218. The van der Waals surface area contributed by atoms with E-state index in [2.05, 4.69) is 5.10 Å². The molecule has 25 heavy (non-hydrogen) atoms. The van der Waals surface area contributed by atoms with Crippen molar-refractivity contribution < 1.29 is 14.3 Å². The highest BCUT2D eigenvalue weighted by atomic mass is 16.5. The summed E-state index contributed by atoms with van der Waals surface area (Å²) in [6, 6.07) is 10.4. The molecule has 2 aromatic rings. The molecule has 7 heteroatoms. The first-order valence-electron chi connectivity index (χ1n) is 8.08. The van der Waals surface area contributed by atoms with E-state index in [1.807, 2.05) is 31.2 Å². The summed E-state index contributed by atoms with van der Waals surface area (Å²) in [7, 11) is 3.16. The van der Waals surface area contributed by atoms with E-state index in [9.17, 15) is 9.59 Å². The first-order chi connectivity index (χ1) is 12.1. The molecule has 0 N–H and O–H groups in total. The Bertz CT molecular complexity index is 756. The lowest BCUT2D eigenvalue weighted by Gasteiger charge is -2.21. The fourth-order valence-corrected chi connectivity index (χ4v) is 2.34. The number of hydrogen-bond acceptors (Lipinski definition) is 5. The largest absolute Gasteiger partial charge is 0.497 e. The minimum atomic E-state index is -0.258. The summed E-state index contributed by atoms with van der Waals surface area (Å²) < 4.78 is 11.4. The molecule has 0 aliphatic rings. The van der Waals surface area contributed by atoms with Gasteiger partial charge in [0.05, 0.1) is 20.3 Å². The monoisotopic (exact) mass is 345 g/mol. The average molecular weight is 345 g/mol. The maximum Gasteiger partial charge on any atom is 0.274 e. The van der Waals surface area contributed by atoms with Crippen LogP contribution in [0.1, 0.15) is 23.0 Å². The predicted molar refractivity (Wildman–Crippen MR) is 93.8 cm³/mol. The molecule has 0 fully saturated rings. The molecular weight excluding hydrogens is 322 g/mol. The minimum Gasteiger partial charge on any atom is -0.497 e. The van der Waals surface area contributed by atoms with Crippen LogP contribution in [0.3, 0.4) is 0 Å². The Morgan fingerprint density at radius 1 is 1.16 bits per heavy atom. The van der Waals surface area contributed by atoms with Gasteiger partial charge < -0.3 is 14.4 Å². The van der Waals surface area contributed by atoms with Gasteiger partial charge in [0, 0.05) is 26.3 Å². The molecule has 0 aliphatic heterocycles. The maximum atomic E-state index is 12.7. The van der Waals surface area contributed by atoms with E-state index in [0.717, 1.165) is 11.3 Å². The van der Waals surface area contributed by atoms with Crippen LogP contribution >= 0.6 is 0 Å². The summed E-state index contributed by atoms with van der Waals surface area (Å²) in [5.74, 6) is 0.550. The smallest absolute Gasteiger partial charge is 0.274 e.